The first-order chi connectivity index (χ1) is 17.5. The van der Waals surface area contributed by atoms with E-state index in [9.17, 15) is 4.79 Å². The van der Waals surface area contributed by atoms with Crippen molar-refractivity contribution in [1.82, 2.24) is 9.97 Å². The lowest BCUT2D eigenvalue weighted by Crippen LogP contribution is -2.30. The number of anilines is 5. The highest BCUT2D eigenvalue weighted by Gasteiger charge is 2.31. The summed E-state index contributed by atoms with van der Waals surface area (Å²) in [6, 6.07) is 20.4. The summed E-state index contributed by atoms with van der Waals surface area (Å²) in [4.78, 5) is 26.6. The van der Waals surface area contributed by atoms with Crippen molar-refractivity contribution in [2.75, 3.05) is 36.4 Å². The smallest absolute Gasteiger partial charge is 0.260 e. The molecule has 2 heterocycles. The number of nitrogens with one attached hydrogen (secondary N) is 1. The van der Waals surface area contributed by atoms with E-state index >= 15 is 0 Å². The van der Waals surface area contributed by atoms with Crippen LogP contribution in [-0.2, 0) is 6.54 Å². The largest absolute Gasteiger partial charge is 0.497 e. The van der Waals surface area contributed by atoms with Crippen molar-refractivity contribution in [2.45, 2.75) is 6.54 Å². The second kappa shape index (κ2) is 9.75. The molecule has 0 saturated carbocycles. The fourth-order valence-electron chi connectivity index (χ4n) is 4.12. The minimum atomic E-state index is -0.131. The Morgan fingerprint density at radius 1 is 0.944 bits per heavy atom. The van der Waals surface area contributed by atoms with Crippen molar-refractivity contribution in [2.24, 2.45) is 0 Å². The van der Waals surface area contributed by atoms with Crippen LogP contribution in [0.2, 0.25) is 5.02 Å². The van der Waals surface area contributed by atoms with Crippen LogP contribution in [0.3, 0.4) is 0 Å². The molecule has 1 aliphatic heterocycles. The van der Waals surface area contributed by atoms with Crippen LogP contribution in [0, 0.1) is 0 Å². The molecule has 0 spiro atoms. The Balaban J connectivity index is 1.58. The molecule has 0 radical (unpaired) electrons. The third-order valence-electron chi connectivity index (χ3n) is 5.96. The molecule has 1 N–H and O–H groups in total. The SMILES string of the molecule is COc1cc(Nc2ncc3c(n2)N(C)c2ccccc2C(=O)N3Cc2ccc(Cl)cc2)cc(OC)c1. The number of amides is 1. The molecular formula is C27H24ClN5O3. The predicted octanol–water partition coefficient (Wildman–Crippen LogP) is 5.82. The molecule has 0 bridgehead atoms. The molecule has 0 atom stereocenters. The highest BCUT2D eigenvalue weighted by Crippen LogP contribution is 2.39. The van der Waals surface area contributed by atoms with Gasteiger partial charge < -0.3 is 19.7 Å². The number of benzene rings is 3. The first-order valence-electron chi connectivity index (χ1n) is 11.2. The number of carbonyl (C=O) groups excluding carboxylic acids is 1. The lowest BCUT2D eigenvalue weighted by atomic mass is 10.1. The average molecular weight is 502 g/mol. The van der Waals surface area contributed by atoms with Crippen LogP contribution in [0.5, 0.6) is 11.5 Å². The monoisotopic (exact) mass is 501 g/mol. The summed E-state index contributed by atoms with van der Waals surface area (Å²) in [6.07, 6.45) is 1.66. The quantitative estimate of drug-likeness (QED) is 0.356. The Morgan fingerprint density at radius 3 is 2.33 bits per heavy atom. The van der Waals surface area contributed by atoms with Gasteiger partial charge in [-0.1, -0.05) is 35.9 Å². The molecule has 9 heteroatoms. The second-order valence-corrected chi connectivity index (χ2v) is 8.66. The van der Waals surface area contributed by atoms with Gasteiger partial charge in [-0.15, -0.1) is 0 Å². The molecule has 1 aliphatic rings. The summed E-state index contributed by atoms with van der Waals surface area (Å²) < 4.78 is 10.7. The van der Waals surface area contributed by atoms with Crippen LogP contribution < -0.4 is 24.6 Å². The zero-order valence-corrected chi connectivity index (χ0v) is 20.8. The molecule has 182 valence electrons. The molecular weight excluding hydrogens is 478 g/mol. The fourth-order valence-corrected chi connectivity index (χ4v) is 4.24. The van der Waals surface area contributed by atoms with Crippen molar-refractivity contribution in [3.05, 3.63) is 89.1 Å². The Labute approximate surface area is 214 Å². The van der Waals surface area contributed by atoms with Crippen molar-refractivity contribution >= 4 is 46.3 Å². The number of hydrogen-bond donors (Lipinski definition) is 1. The summed E-state index contributed by atoms with van der Waals surface area (Å²) in [6.45, 7) is 0.342. The zero-order chi connectivity index (χ0) is 25.2. The maximum absolute atomic E-state index is 13.7. The van der Waals surface area contributed by atoms with Crippen LogP contribution in [0.25, 0.3) is 0 Å². The summed E-state index contributed by atoms with van der Waals surface area (Å²) in [5.74, 6) is 2.10. The summed E-state index contributed by atoms with van der Waals surface area (Å²) in [5.41, 5.74) is 3.58. The summed E-state index contributed by atoms with van der Waals surface area (Å²) in [5, 5.41) is 3.86. The van der Waals surface area contributed by atoms with Gasteiger partial charge in [0.15, 0.2) is 5.82 Å². The summed E-state index contributed by atoms with van der Waals surface area (Å²) in [7, 11) is 5.08. The number of para-hydroxylation sites is 1. The molecule has 0 unspecified atom stereocenters. The van der Waals surface area contributed by atoms with E-state index in [1.54, 1.807) is 31.4 Å². The van der Waals surface area contributed by atoms with Crippen LogP contribution in [0.4, 0.5) is 28.8 Å². The highest BCUT2D eigenvalue weighted by molar-refractivity contribution is 6.30. The van der Waals surface area contributed by atoms with Gasteiger partial charge in [0, 0.05) is 36.0 Å². The first-order valence-corrected chi connectivity index (χ1v) is 11.6. The van der Waals surface area contributed by atoms with Gasteiger partial charge in [-0.3, -0.25) is 9.69 Å². The third kappa shape index (κ3) is 4.50. The van der Waals surface area contributed by atoms with Gasteiger partial charge >= 0.3 is 0 Å². The van der Waals surface area contributed by atoms with Crippen molar-refractivity contribution in [1.29, 1.82) is 0 Å². The topological polar surface area (TPSA) is 79.8 Å². The second-order valence-electron chi connectivity index (χ2n) is 8.22. The van der Waals surface area contributed by atoms with Gasteiger partial charge in [0.05, 0.1) is 38.2 Å². The number of methoxy groups -OCH3 is 2. The van der Waals surface area contributed by atoms with E-state index in [1.165, 1.54) is 0 Å². The molecule has 3 aromatic carbocycles. The minimum absolute atomic E-state index is 0.131. The van der Waals surface area contributed by atoms with E-state index in [-0.39, 0.29) is 5.91 Å². The normalized spacial score (nSPS) is 12.5. The van der Waals surface area contributed by atoms with E-state index in [0.29, 0.717) is 51.8 Å². The van der Waals surface area contributed by atoms with Gasteiger partial charge in [-0.2, -0.15) is 4.98 Å². The van der Waals surface area contributed by atoms with Crippen LogP contribution in [-0.4, -0.2) is 37.1 Å². The number of nitrogens with zero attached hydrogens (tertiary/aromatic N) is 4. The molecule has 0 aliphatic carbocycles. The van der Waals surface area contributed by atoms with Gasteiger partial charge in [0.25, 0.3) is 5.91 Å². The average Bonchev–Trinajstić information content (AvgIpc) is 2.99. The third-order valence-corrected chi connectivity index (χ3v) is 6.21. The van der Waals surface area contributed by atoms with Gasteiger partial charge in [-0.05, 0) is 29.8 Å². The number of carbonyl (C=O) groups is 1. The number of ether oxygens (including phenoxy) is 2. The number of aromatic nitrogens is 2. The number of hydrogen-bond acceptors (Lipinski definition) is 7. The van der Waals surface area contributed by atoms with Gasteiger partial charge in [0.1, 0.15) is 17.2 Å². The van der Waals surface area contributed by atoms with Crippen LogP contribution in [0.1, 0.15) is 15.9 Å². The van der Waals surface area contributed by atoms with Crippen LogP contribution >= 0.6 is 11.6 Å². The molecule has 1 aromatic heterocycles. The molecule has 1 amide bonds. The van der Waals surface area contributed by atoms with Crippen LogP contribution in [0.15, 0.2) is 72.9 Å². The number of fused-ring (bicyclic) bond motifs is 2. The van der Waals surface area contributed by atoms with E-state index in [4.69, 9.17) is 26.1 Å². The Morgan fingerprint density at radius 2 is 1.64 bits per heavy atom. The van der Waals surface area contributed by atoms with Gasteiger partial charge in [-0.25, -0.2) is 4.98 Å². The molecule has 36 heavy (non-hydrogen) atoms. The van der Waals surface area contributed by atoms with Gasteiger partial charge in [0.2, 0.25) is 5.95 Å². The Hall–Kier alpha value is -4.30. The molecule has 5 rings (SSSR count). The predicted molar refractivity (Wildman–Crippen MR) is 141 cm³/mol. The lowest BCUT2D eigenvalue weighted by molar-refractivity contribution is 0.0986. The summed E-state index contributed by atoms with van der Waals surface area (Å²) >= 11 is 6.07. The van der Waals surface area contributed by atoms with E-state index < -0.39 is 0 Å². The number of halogens is 1. The minimum Gasteiger partial charge on any atom is -0.497 e. The Kier molecular flexibility index (Phi) is 6.35. The molecule has 0 fully saturated rings. The highest BCUT2D eigenvalue weighted by atomic mass is 35.5. The van der Waals surface area contributed by atoms with E-state index in [1.807, 2.05) is 72.6 Å². The molecule has 0 saturated heterocycles. The van der Waals surface area contributed by atoms with Crippen molar-refractivity contribution in [3.8, 4) is 11.5 Å². The van der Waals surface area contributed by atoms with Crippen molar-refractivity contribution in [3.63, 3.8) is 0 Å². The standard InChI is InChI=1S/C27H24ClN5O3/c1-32-23-7-5-4-6-22(23)26(34)33(16-17-8-10-18(28)11-9-17)24-15-29-27(31-25(24)32)30-19-12-20(35-2)14-21(13-19)36-3/h4-15H,16H2,1-3H3,(H,29,30,31). The van der Waals surface area contributed by atoms with E-state index in [0.717, 1.165) is 11.3 Å². The Bertz CT molecular complexity index is 1410. The fraction of sp³-hybridized carbons (Fsp3) is 0.148. The number of rotatable bonds is 6. The van der Waals surface area contributed by atoms with Crippen molar-refractivity contribution < 1.29 is 14.3 Å². The maximum Gasteiger partial charge on any atom is 0.260 e. The maximum atomic E-state index is 13.7. The molecule has 8 nitrogen and oxygen atoms in total. The first kappa shape index (κ1) is 23.4. The zero-order valence-electron chi connectivity index (χ0n) is 20.0. The van der Waals surface area contributed by atoms with E-state index in [2.05, 4.69) is 10.3 Å². The lowest BCUT2D eigenvalue weighted by Gasteiger charge is -2.24. The molecule has 4 aromatic rings.